The number of ether oxygens (including phenoxy) is 3. The maximum Gasteiger partial charge on any atom is 0.333 e. The molecular formula is C49H38Cl2N2O7. The topological polar surface area (TPSA) is 128 Å². The lowest BCUT2D eigenvalue weighted by Crippen LogP contribution is -2.29. The molecule has 0 aliphatic carbocycles. The molecule has 0 radical (unpaired) electrons. The van der Waals surface area contributed by atoms with Crippen molar-refractivity contribution in [3.05, 3.63) is 196 Å². The minimum Gasteiger partial charge on any atom is -0.460 e. The van der Waals surface area contributed by atoms with Crippen molar-refractivity contribution in [1.29, 1.82) is 5.26 Å². The zero-order chi connectivity index (χ0) is 41.5. The minimum atomic E-state index is -1.04. The van der Waals surface area contributed by atoms with E-state index in [1.807, 2.05) is 115 Å². The number of nitrogens with one attached hydrogen (secondary N) is 1. The van der Waals surface area contributed by atoms with E-state index in [1.165, 1.54) is 0 Å². The minimum absolute atomic E-state index is 0. The molecule has 7 aromatic rings. The van der Waals surface area contributed by atoms with Gasteiger partial charge in [0, 0.05) is 33.4 Å². The lowest BCUT2D eigenvalue weighted by atomic mass is 9.90. The van der Waals surface area contributed by atoms with Crippen LogP contribution in [0.5, 0.6) is 23.0 Å². The molecule has 0 spiro atoms. The Balaban J connectivity index is 0.000000160. The van der Waals surface area contributed by atoms with Gasteiger partial charge < -0.3 is 23.9 Å². The molecule has 300 valence electrons. The second-order valence-corrected chi connectivity index (χ2v) is 14.5. The number of para-hydroxylation sites is 6. The van der Waals surface area contributed by atoms with E-state index in [9.17, 15) is 19.6 Å². The van der Waals surface area contributed by atoms with Gasteiger partial charge in [-0.3, -0.25) is 9.59 Å². The first-order valence-electron chi connectivity index (χ1n) is 18.4. The van der Waals surface area contributed by atoms with E-state index in [2.05, 4.69) is 11.9 Å². The van der Waals surface area contributed by atoms with Crippen LogP contribution in [0.2, 0.25) is 0 Å². The largest absolute Gasteiger partial charge is 0.460 e. The molecule has 9 rings (SSSR count). The van der Waals surface area contributed by atoms with Gasteiger partial charge in [0.2, 0.25) is 5.43 Å². The van der Waals surface area contributed by atoms with Crippen LogP contribution < -0.4 is 20.2 Å². The Kier molecular flexibility index (Phi) is 13.2. The first-order chi connectivity index (χ1) is 28.6. The van der Waals surface area contributed by atoms with Gasteiger partial charge in [-0.15, -0.1) is 0 Å². The van der Waals surface area contributed by atoms with Gasteiger partial charge in [0.1, 0.15) is 52.4 Å². The normalized spacial score (nSPS) is 12.2. The highest BCUT2D eigenvalue weighted by molar-refractivity contribution is 6.50. The monoisotopic (exact) mass is 836 g/mol. The quantitative estimate of drug-likeness (QED) is 0.0453. The van der Waals surface area contributed by atoms with Crippen LogP contribution in [0.25, 0.3) is 27.5 Å². The molecule has 1 aromatic heterocycles. The van der Waals surface area contributed by atoms with Gasteiger partial charge in [0.25, 0.3) is 5.91 Å². The number of carbonyl (C=O) groups excluding carboxylic acids is 2. The van der Waals surface area contributed by atoms with E-state index in [0.717, 1.165) is 11.1 Å². The van der Waals surface area contributed by atoms with Crippen molar-refractivity contribution in [3.63, 3.8) is 0 Å². The summed E-state index contributed by atoms with van der Waals surface area (Å²) < 4.78 is 21.2. The van der Waals surface area contributed by atoms with Crippen molar-refractivity contribution >= 4 is 62.6 Å². The highest BCUT2D eigenvalue weighted by atomic mass is 35.5. The third-order valence-electron chi connectivity index (χ3n) is 9.24. The number of nitrogens with zero attached hydrogens (tertiary/aromatic N) is 1. The summed E-state index contributed by atoms with van der Waals surface area (Å²) in [6.45, 7) is 5.10. The van der Waals surface area contributed by atoms with E-state index in [0.29, 0.717) is 61.6 Å². The molecule has 9 nitrogen and oxygen atoms in total. The summed E-state index contributed by atoms with van der Waals surface area (Å²) in [6, 6.07) is 46.2. The average Bonchev–Trinajstić information content (AvgIpc) is 3.26. The molecule has 3 heterocycles. The van der Waals surface area contributed by atoms with E-state index >= 15 is 0 Å². The van der Waals surface area contributed by atoms with Crippen molar-refractivity contribution in [2.24, 2.45) is 0 Å². The Bertz CT molecular complexity index is 2740. The molecule has 60 heavy (non-hydrogen) atoms. The van der Waals surface area contributed by atoms with E-state index in [1.54, 1.807) is 43.3 Å². The van der Waals surface area contributed by atoms with Crippen LogP contribution >= 0.6 is 23.2 Å². The highest BCUT2D eigenvalue weighted by Crippen LogP contribution is 2.52. The summed E-state index contributed by atoms with van der Waals surface area (Å²) in [5.74, 6) is 1.51. The first kappa shape index (κ1) is 42.5. The summed E-state index contributed by atoms with van der Waals surface area (Å²) in [6.07, 6.45) is 0. The zero-order valence-electron chi connectivity index (χ0n) is 31.5. The third-order valence-corrected chi connectivity index (χ3v) is 10.1. The van der Waals surface area contributed by atoms with Gasteiger partial charge in [0.15, 0.2) is 4.33 Å². The summed E-state index contributed by atoms with van der Waals surface area (Å²) in [5.41, 5.74) is 4.99. The number of alkyl halides is 2. The molecule has 6 aromatic carbocycles. The second-order valence-electron chi connectivity index (χ2n) is 13.2. The molecule has 1 amide bonds. The Morgan fingerprint density at radius 1 is 0.700 bits per heavy atom. The molecular weight excluding hydrogens is 799 g/mol. The van der Waals surface area contributed by atoms with Gasteiger partial charge in [-0.25, -0.2) is 4.79 Å². The summed E-state index contributed by atoms with van der Waals surface area (Å²) >= 11 is 12.8. The van der Waals surface area contributed by atoms with Crippen LogP contribution in [0.4, 0.5) is 0 Å². The highest BCUT2D eigenvalue weighted by Gasteiger charge is 2.38. The first-order valence-corrected chi connectivity index (χ1v) is 19.1. The van der Waals surface area contributed by atoms with Gasteiger partial charge >= 0.3 is 5.97 Å². The standard InChI is InChI=1S/C22H18N2O4.C13H8Cl2O.C13H8O2.CH4/c1-14(2)22(26)27-12-11-24-21(25)17(13-23)20-15-7-3-5-9-18(15)28-19-10-6-4-8-16(19)20;14-13(15)9-5-1-3-7-11(9)16-12-8-4-2-6-10(12)13;14-13-9-5-1-3-7-11(9)15-12-8-4-2-6-10(12)13;/h3-10H,1,11-12H2,2H3,(H,24,25);1-8H;1-8H;1H4. The number of benzene rings is 6. The van der Waals surface area contributed by atoms with Crippen LogP contribution in [-0.4, -0.2) is 25.0 Å². The second kappa shape index (κ2) is 18.6. The van der Waals surface area contributed by atoms with Crippen molar-refractivity contribution in [3.8, 4) is 29.1 Å². The van der Waals surface area contributed by atoms with Gasteiger partial charge in [0.05, 0.1) is 17.3 Å². The predicted octanol–water partition coefficient (Wildman–Crippen LogP) is 11.4. The van der Waals surface area contributed by atoms with Crippen LogP contribution in [0.1, 0.15) is 36.6 Å². The van der Waals surface area contributed by atoms with Crippen LogP contribution in [0, 0.1) is 11.3 Å². The number of hydrogen-bond acceptors (Lipinski definition) is 8. The zero-order valence-corrected chi connectivity index (χ0v) is 33.1. The molecule has 0 saturated heterocycles. The third kappa shape index (κ3) is 8.81. The number of rotatable bonds is 5. The molecule has 0 saturated carbocycles. The van der Waals surface area contributed by atoms with Crippen molar-refractivity contribution in [2.75, 3.05) is 13.2 Å². The van der Waals surface area contributed by atoms with Crippen LogP contribution in [0.3, 0.4) is 0 Å². The van der Waals surface area contributed by atoms with Crippen molar-refractivity contribution in [2.45, 2.75) is 18.7 Å². The molecule has 0 atom stereocenters. The van der Waals surface area contributed by atoms with E-state index in [4.69, 9.17) is 41.8 Å². The molecule has 2 aliphatic rings. The predicted molar refractivity (Wildman–Crippen MR) is 236 cm³/mol. The van der Waals surface area contributed by atoms with Gasteiger partial charge in [-0.1, -0.05) is 134 Å². The Morgan fingerprint density at radius 2 is 1.13 bits per heavy atom. The Hall–Kier alpha value is -7.12. The summed E-state index contributed by atoms with van der Waals surface area (Å²) in [4.78, 5) is 36.1. The number of carbonyl (C=O) groups is 2. The number of esters is 1. The number of nitriles is 1. The van der Waals surface area contributed by atoms with E-state index in [-0.39, 0.29) is 37.2 Å². The Morgan fingerprint density at radius 3 is 1.63 bits per heavy atom. The van der Waals surface area contributed by atoms with Crippen LogP contribution in [0.15, 0.2) is 173 Å². The Labute approximate surface area is 356 Å². The molecule has 0 fully saturated rings. The van der Waals surface area contributed by atoms with Gasteiger partial charge in [-0.2, -0.15) is 5.26 Å². The number of hydrogen-bond donors (Lipinski definition) is 1. The SMILES string of the molecule is C.C=C(C)C(=O)OCCNC(=O)C(C#N)=C1c2ccccc2Oc2ccccc21.ClC1(Cl)c2ccccc2Oc2ccccc21.O=c1c2ccccc2oc2ccccc12. The molecule has 11 heteroatoms. The number of fused-ring (bicyclic) bond motifs is 6. The molecule has 0 unspecified atom stereocenters. The smallest absolute Gasteiger partial charge is 0.333 e. The lowest BCUT2D eigenvalue weighted by Gasteiger charge is -2.30. The maximum absolute atomic E-state index is 12.7. The average molecular weight is 838 g/mol. The molecule has 1 N–H and O–H groups in total. The number of amides is 1. The van der Waals surface area contributed by atoms with Gasteiger partial charge in [-0.05, 0) is 55.5 Å². The summed E-state index contributed by atoms with van der Waals surface area (Å²) in [5, 5.41) is 13.6. The fraction of sp³-hybridized carbons (Fsp3) is 0.102. The lowest BCUT2D eigenvalue weighted by molar-refractivity contribution is -0.139. The van der Waals surface area contributed by atoms with Crippen molar-refractivity contribution < 1.29 is 28.2 Å². The fourth-order valence-corrected chi connectivity index (χ4v) is 7.07. The van der Waals surface area contributed by atoms with Crippen LogP contribution in [-0.2, 0) is 18.7 Å². The summed E-state index contributed by atoms with van der Waals surface area (Å²) in [7, 11) is 0. The number of halogens is 2. The van der Waals surface area contributed by atoms with E-state index < -0.39 is 16.2 Å². The fourth-order valence-electron chi connectivity index (χ4n) is 6.44. The molecule has 0 bridgehead atoms. The maximum atomic E-state index is 12.7. The van der Waals surface area contributed by atoms with Crippen molar-refractivity contribution in [1.82, 2.24) is 5.32 Å². The molecule has 2 aliphatic heterocycles.